The summed E-state index contributed by atoms with van der Waals surface area (Å²) in [4.78, 5) is 0. The van der Waals surface area contributed by atoms with Gasteiger partial charge in [-0.15, -0.1) is 0 Å². The third kappa shape index (κ3) is 1.49. The molecular weight excluding hydrogens is 152 g/mol. The second-order valence-corrected chi connectivity index (χ2v) is 2.96. The summed E-state index contributed by atoms with van der Waals surface area (Å²) in [5.74, 6) is 0. The Labute approximate surface area is 72.1 Å². The third-order valence-corrected chi connectivity index (χ3v) is 2.04. The van der Waals surface area contributed by atoms with Crippen molar-refractivity contribution in [2.24, 2.45) is 0 Å². The van der Waals surface area contributed by atoms with E-state index in [1.165, 1.54) is 5.56 Å². The van der Waals surface area contributed by atoms with E-state index in [-0.39, 0.29) is 12.2 Å². The highest BCUT2D eigenvalue weighted by atomic mass is 16.6. The SMILES string of the molecule is COC[C@H]1O[C@@H]1c1ccccc1. The second kappa shape index (κ2) is 3.25. The molecule has 2 atom stereocenters. The van der Waals surface area contributed by atoms with Gasteiger partial charge in [-0.3, -0.25) is 0 Å². The summed E-state index contributed by atoms with van der Waals surface area (Å²) in [5, 5.41) is 0. The van der Waals surface area contributed by atoms with E-state index in [1.54, 1.807) is 7.11 Å². The summed E-state index contributed by atoms with van der Waals surface area (Å²) in [6.45, 7) is 0.694. The number of hydrogen-bond donors (Lipinski definition) is 0. The molecule has 0 N–H and O–H groups in total. The molecule has 0 spiro atoms. The van der Waals surface area contributed by atoms with Gasteiger partial charge in [0, 0.05) is 7.11 Å². The molecule has 0 bridgehead atoms. The Morgan fingerprint density at radius 2 is 2.08 bits per heavy atom. The third-order valence-electron chi connectivity index (χ3n) is 2.04. The first-order chi connectivity index (χ1) is 5.92. The number of epoxide rings is 1. The van der Waals surface area contributed by atoms with E-state index < -0.39 is 0 Å². The van der Waals surface area contributed by atoms with Crippen molar-refractivity contribution in [3.05, 3.63) is 35.9 Å². The van der Waals surface area contributed by atoms with Gasteiger partial charge in [-0.25, -0.2) is 0 Å². The zero-order chi connectivity index (χ0) is 8.39. The van der Waals surface area contributed by atoms with Gasteiger partial charge in [0.25, 0.3) is 0 Å². The van der Waals surface area contributed by atoms with Gasteiger partial charge in [-0.05, 0) is 5.56 Å². The van der Waals surface area contributed by atoms with Crippen LogP contribution in [0.2, 0.25) is 0 Å². The van der Waals surface area contributed by atoms with Gasteiger partial charge in [0.05, 0.1) is 6.61 Å². The molecule has 1 aromatic rings. The molecule has 64 valence electrons. The fourth-order valence-corrected chi connectivity index (χ4v) is 1.37. The van der Waals surface area contributed by atoms with Gasteiger partial charge in [0.1, 0.15) is 12.2 Å². The van der Waals surface area contributed by atoms with Crippen LogP contribution in [0, 0.1) is 0 Å². The first kappa shape index (κ1) is 7.77. The molecule has 1 fully saturated rings. The van der Waals surface area contributed by atoms with E-state index in [0.717, 1.165) is 0 Å². The Hall–Kier alpha value is -0.860. The van der Waals surface area contributed by atoms with Gasteiger partial charge in [-0.1, -0.05) is 30.3 Å². The van der Waals surface area contributed by atoms with Crippen molar-refractivity contribution < 1.29 is 9.47 Å². The Morgan fingerprint density at radius 3 is 2.75 bits per heavy atom. The molecule has 1 saturated heterocycles. The van der Waals surface area contributed by atoms with Crippen molar-refractivity contribution >= 4 is 0 Å². The number of hydrogen-bond acceptors (Lipinski definition) is 2. The summed E-state index contributed by atoms with van der Waals surface area (Å²) in [7, 11) is 1.70. The predicted molar refractivity (Wildman–Crippen MR) is 45.9 cm³/mol. The molecule has 2 rings (SSSR count). The van der Waals surface area contributed by atoms with Crippen molar-refractivity contribution in [3.63, 3.8) is 0 Å². The number of methoxy groups -OCH3 is 1. The van der Waals surface area contributed by atoms with E-state index in [4.69, 9.17) is 9.47 Å². The average molecular weight is 164 g/mol. The minimum Gasteiger partial charge on any atom is -0.382 e. The lowest BCUT2D eigenvalue weighted by Gasteiger charge is -1.93. The van der Waals surface area contributed by atoms with Gasteiger partial charge >= 0.3 is 0 Å². The Morgan fingerprint density at radius 1 is 1.33 bits per heavy atom. The number of benzene rings is 1. The highest BCUT2D eigenvalue weighted by Crippen LogP contribution is 2.38. The largest absolute Gasteiger partial charge is 0.382 e. The van der Waals surface area contributed by atoms with Crippen molar-refractivity contribution in [2.45, 2.75) is 12.2 Å². The quantitative estimate of drug-likeness (QED) is 0.635. The first-order valence-electron chi connectivity index (χ1n) is 4.11. The van der Waals surface area contributed by atoms with Crippen LogP contribution in [0.1, 0.15) is 11.7 Å². The summed E-state index contributed by atoms with van der Waals surface area (Å²) in [6, 6.07) is 10.2. The molecule has 2 nitrogen and oxygen atoms in total. The van der Waals surface area contributed by atoms with Crippen LogP contribution in [0.5, 0.6) is 0 Å². The van der Waals surface area contributed by atoms with Crippen LogP contribution in [0.4, 0.5) is 0 Å². The molecule has 0 aromatic heterocycles. The molecule has 0 radical (unpaired) electrons. The monoisotopic (exact) mass is 164 g/mol. The predicted octanol–water partition coefficient (Wildman–Crippen LogP) is 1.77. The zero-order valence-corrected chi connectivity index (χ0v) is 7.07. The first-order valence-corrected chi connectivity index (χ1v) is 4.11. The molecule has 0 saturated carbocycles. The normalized spacial score (nSPS) is 27.1. The fourth-order valence-electron chi connectivity index (χ4n) is 1.37. The zero-order valence-electron chi connectivity index (χ0n) is 7.07. The molecule has 12 heavy (non-hydrogen) atoms. The summed E-state index contributed by atoms with van der Waals surface area (Å²) in [6.07, 6.45) is 0.545. The molecule has 1 aliphatic heterocycles. The molecule has 1 heterocycles. The van der Waals surface area contributed by atoms with Crippen LogP contribution in [-0.2, 0) is 9.47 Å². The smallest absolute Gasteiger partial charge is 0.112 e. The molecule has 1 aromatic carbocycles. The topological polar surface area (TPSA) is 21.8 Å². The molecule has 0 amide bonds. The van der Waals surface area contributed by atoms with Crippen molar-refractivity contribution in [3.8, 4) is 0 Å². The molecule has 2 heteroatoms. The lowest BCUT2D eigenvalue weighted by Crippen LogP contribution is -1.98. The maximum atomic E-state index is 5.42. The van der Waals surface area contributed by atoms with Gasteiger partial charge in [0.15, 0.2) is 0 Å². The van der Waals surface area contributed by atoms with Crippen LogP contribution in [0.15, 0.2) is 30.3 Å². The maximum absolute atomic E-state index is 5.42. The Bertz CT molecular complexity index is 245. The molecule has 1 aliphatic rings. The van der Waals surface area contributed by atoms with E-state index in [2.05, 4.69) is 12.1 Å². The van der Waals surface area contributed by atoms with Gasteiger partial charge < -0.3 is 9.47 Å². The lowest BCUT2D eigenvalue weighted by molar-refractivity contribution is 0.171. The van der Waals surface area contributed by atoms with E-state index >= 15 is 0 Å². The summed E-state index contributed by atoms with van der Waals surface area (Å²) in [5.41, 5.74) is 1.25. The minimum absolute atomic E-state index is 0.270. The van der Waals surface area contributed by atoms with E-state index in [1.807, 2.05) is 18.2 Å². The Balaban J connectivity index is 1.97. The second-order valence-electron chi connectivity index (χ2n) is 2.96. The standard InChI is InChI=1S/C10H12O2/c1-11-7-9-10(12-9)8-5-3-2-4-6-8/h2-6,9-10H,7H2,1H3/t9-,10-/m1/s1. The van der Waals surface area contributed by atoms with Crippen molar-refractivity contribution in [1.29, 1.82) is 0 Å². The van der Waals surface area contributed by atoms with Crippen molar-refractivity contribution in [1.82, 2.24) is 0 Å². The summed E-state index contributed by atoms with van der Waals surface area (Å²) >= 11 is 0. The van der Waals surface area contributed by atoms with E-state index in [9.17, 15) is 0 Å². The van der Waals surface area contributed by atoms with Crippen LogP contribution in [0.25, 0.3) is 0 Å². The fraction of sp³-hybridized carbons (Fsp3) is 0.400. The Kier molecular flexibility index (Phi) is 2.11. The average Bonchev–Trinajstić information content (AvgIpc) is 2.87. The number of ether oxygens (including phenoxy) is 2. The van der Waals surface area contributed by atoms with Crippen LogP contribution >= 0.6 is 0 Å². The van der Waals surface area contributed by atoms with Crippen molar-refractivity contribution in [2.75, 3.05) is 13.7 Å². The highest BCUT2D eigenvalue weighted by molar-refractivity contribution is 5.22. The maximum Gasteiger partial charge on any atom is 0.112 e. The van der Waals surface area contributed by atoms with Crippen LogP contribution in [-0.4, -0.2) is 19.8 Å². The number of rotatable bonds is 3. The van der Waals surface area contributed by atoms with E-state index in [0.29, 0.717) is 6.61 Å². The summed E-state index contributed by atoms with van der Waals surface area (Å²) < 4.78 is 10.4. The molecule has 0 aliphatic carbocycles. The highest BCUT2D eigenvalue weighted by Gasteiger charge is 2.39. The van der Waals surface area contributed by atoms with Gasteiger partial charge in [-0.2, -0.15) is 0 Å². The molecular formula is C10H12O2. The van der Waals surface area contributed by atoms with Crippen LogP contribution in [0.3, 0.4) is 0 Å². The minimum atomic E-state index is 0.270. The molecule has 0 unspecified atom stereocenters. The van der Waals surface area contributed by atoms with Crippen LogP contribution < -0.4 is 0 Å². The lowest BCUT2D eigenvalue weighted by atomic mass is 10.1. The van der Waals surface area contributed by atoms with Gasteiger partial charge in [0.2, 0.25) is 0 Å².